The van der Waals surface area contributed by atoms with Gasteiger partial charge in [0.05, 0.1) is 7.11 Å². The van der Waals surface area contributed by atoms with Gasteiger partial charge in [-0.25, -0.2) is 4.39 Å². The van der Waals surface area contributed by atoms with Gasteiger partial charge in [-0.1, -0.05) is 13.8 Å². The Morgan fingerprint density at radius 2 is 1.94 bits per heavy atom. The fourth-order valence-electron chi connectivity index (χ4n) is 1.62. The molecule has 0 saturated carbocycles. The first kappa shape index (κ1) is 13.9. The number of nitrogens with zero attached hydrogens (tertiary/aromatic N) is 1. The van der Waals surface area contributed by atoms with Crippen LogP contribution >= 0.6 is 15.9 Å². The van der Waals surface area contributed by atoms with Crippen molar-refractivity contribution in [2.24, 2.45) is 0 Å². The SMILES string of the molecule is CC.COc1c(F)cc(Br)c2cncc(C)c12. The molecular weight excluding hydrogens is 285 g/mol. The number of methoxy groups -OCH3 is 1. The average Bonchev–Trinajstić information content (AvgIpc) is 2.33. The maximum absolute atomic E-state index is 13.6. The van der Waals surface area contributed by atoms with E-state index >= 15 is 0 Å². The van der Waals surface area contributed by atoms with Crippen LogP contribution in [0.5, 0.6) is 5.75 Å². The van der Waals surface area contributed by atoms with Gasteiger partial charge in [-0.2, -0.15) is 0 Å². The molecule has 1 heterocycles. The Morgan fingerprint density at radius 1 is 1.29 bits per heavy atom. The zero-order valence-electron chi connectivity index (χ0n) is 10.3. The number of halogens is 2. The van der Waals surface area contributed by atoms with Crippen molar-refractivity contribution < 1.29 is 9.13 Å². The molecule has 0 radical (unpaired) electrons. The molecule has 2 aromatic rings. The number of ether oxygens (including phenoxy) is 1. The van der Waals surface area contributed by atoms with Crippen LogP contribution in [0, 0.1) is 12.7 Å². The molecule has 1 aromatic heterocycles. The van der Waals surface area contributed by atoms with Gasteiger partial charge in [-0.05, 0) is 34.5 Å². The van der Waals surface area contributed by atoms with Gasteiger partial charge in [0.15, 0.2) is 11.6 Å². The lowest BCUT2D eigenvalue weighted by Gasteiger charge is -2.10. The number of aryl methyl sites for hydroxylation is 1. The van der Waals surface area contributed by atoms with Crippen molar-refractivity contribution in [2.75, 3.05) is 7.11 Å². The normalized spacial score (nSPS) is 9.76. The Kier molecular flexibility index (Phi) is 4.87. The minimum atomic E-state index is -0.369. The molecule has 92 valence electrons. The first-order valence-electron chi connectivity index (χ1n) is 5.41. The van der Waals surface area contributed by atoms with E-state index in [1.165, 1.54) is 13.2 Å². The minimum Gasteiger partial charge on any atom is -0.493 e. The molecule has 0 unspecified atom stereocenters. The summed E-state index contributed by atoms with van der Waals surface area (Å²) in [6.07, 6.45) is 3.38. The molecule has 0 aliphatic rings. The molecule has 2 nitrogen and oxygen atoms in total. The molecular formula is C13H15BrFNO. The summed E-state index contributed by atoms with van der Waals surface area (Å²) < 4.78 is 19.3. The van der Waals surface area contributed by atoms with Crippen LogP contribution in [0.25, 0.3) is 10.8 Å². The Balaban J connectivity index is 0.000000686. The molecule has 4 heteroatoms. The van der Waals surface area contributed by atoms with Crippen molar-refractivity contribution in [3.63, 3.8) is 0 Å². The zero-order chi connectivity index (χ0) is 13.0. The van der Waals surface area contributed by atoms with E-state index in [4.69, 9.17) is 4.74 Å². The van der Waals surface area contributed by atoms with Gasteiger partial charge in [0.1, 0.15) is 0 Å². The van der Waals surface area contributed by atoms with Gasteiger partial charge in [-0.3, -0.25) is 4.98 Å². The van der Waals surface area contributed by atoms with E-state index in [0.29, 0.717) is 4.47 Å². The van der Waals surface area contributed by atoms with Crippen molar-refractivity contribution in [1.82, 2.24) is 4.98 Å². The van der Waals surface area contributed by atoms with Crippen LogP contribution < -0.4 is 4.74 Å². The smallest absolute Gasteiger partial charge is 0.166 e. The van der Waals surface area contributed by atoms with Crippen LogP contribution in [0.15, 0.2) is 22.9 Å². The Morgan fingerprint density at radius 3 is 2.53 bits per heavy atom. The number of benzene rings is 1. The van der Waals surface area contributed by atoms with Crippen LogP contribution in [0.4, 0.5) is 4.39 Å². The molecule has 0 atom stereocenters. The summed E-state index contributed by atoms with van der Waals surface area (Å²) >= 11 is 3.31. The summed E-state index contributed by atoms with van der Waals surface area (Å²) in [4.78, 5) is 4.07. The first-order valence-corrected chi connectivity index (χ1v) is 6.20. The highest BCUT2D eigenvalue weighted by Crippen LogP contribution is 2.35. The van der Waals surface area contributed by atoms with Gasteiger partial charge < -0.3 is 4.74 Å². The molecule has 0 amide bonds. The standard InChI is InChI=1S/C11H9BrFNO.C2H6/c1-6-4-14-5-7-8(12)3-9(13)11(15-2)10(6)7;1-2/h3-5H,1-2H3;1-2H3. The van der Waals surface area contributed by atoms with E-state index in [1.54, 1.807) is 12.4 Å². The number of aromatic nitrogens is 1. The van der Waals surface area contributed by atoms with E-state index in [1.807, 2.05) is 20.8 Å². The Bertz CT molecular complexity index is 528. The van der Waals surface area contributed by atoms with Crippen molar-refractivity contribution in [1.29, 1.82) is 0 Å². The zero-order valence-corrected chi connectivity index (χ0v) is 11.9. The van der Waals surface area contributed by atoms with Gasteiger partial charge in [0, 0.05) is 27.6 Å². The Hall–Kier alpha value is -1.16. The molecule has 0 aliphatic carbocycles. The monoisotopic (exact) mass is 299 g/mol. The second kappa shape index (κ2) is 5.96. The van der Waals surface area contributed by atoms with Crippen molar-refractivity contribution in [3.8, 4) is 5.75 Å². The fraction of sp³-hybridized carbons (Fsp3) is 0.308. The summed E-state index contributed by atoms with van der Waals surface area (Å²) in [6, 6.07) is 1.39. The second-order valence-corrected chi connectivity index (χ2v) is 4.11. The number of hydrogen-bond donors (Lipinski definition) is 0. The number of pyridine rings is 1. The highest BCUT2D eigenvalue weighted by molar-refractivity contribution is 9.10. The van der Waals surface area contributed by atoms with Crippen LogP contribution in [-0.2, 0) is 0 Å². The molecule has 0 fully saturated rings. The van der Waals surface area contributed by atoms with Crippen LogP contribution in [-0.4, -0.2) is 12.1 Å². The molecule has 2 rings (SSSR count). The number of rotatable bonds is 1. The quantitative estimate of drug-likeness (QED) is 0.774. The molecule has 0 N–H and O–H groups in total. The Labute approximate surface area is 109 Å². The summed E-state index contributed by atoms with van der Waals surface area (Å²) in [6.45, 7) is 5.88. The third-order valence-electron chi connectivity index (χ3n) is 2.29. The van der Waals surface area contributed by atoms with Gasteiger partial charge in [0.25, 0.3) is 0 Å². The van der Waals surface area contributed by atoms with E-state index in [2.05, 4.69) is 20.9 Å². The minimum absolute atomic E-state index is 0.271. The summed E-state index contributed by atoms with van der Waals surface area (Å²) in [5.74, 6) is -0.0979. The van der Waals surface area contributed by atoms with Gasteiger partial charge >= 0.3 is 0 Å². The highest BCUT2D eigenvalue weighted by atomic mass is 79.9. The third-order valence-corrected chi connectivity index (χ3v) is 2.95. The fourth-order valence-corrected chi connectivity index (χ4v) is 2.12. The average molecular weight is 300 g/mol. The van der Waals surface area contributed by atoms with Crippen molar-refractivity contribution >= 4 is 26.7 Å². The topological polar surface area (TPSA) is 22.1 Å². The largest absolute Gasteiger partial charge is 0.493 e. The van der Waals surface area contributed by atoms with Crippen LogP contribution in [0.1, 0.15) is 19.4 Å². The van der Waals surface area contributed by atoms with Gasteiger partial charge in [0.2, 0.25) is 0 Å². The maximum atomic E-state index is 13.6. The van der Waals surface area contributed by atoms with E-state index < -0.39 is 0 Å². The highest BCUT2D eigenvalue weighted by Gasteiger charge is 2.13. The van der Waals surface area contributed by atoms with E-state index in [-0.39, 0.29) is 11.6 Å². The molecule has 0 aliphatic heterocycles. The van der Waals surface area contributed by atoms with Crippen molar-refractivity contribution in [2.45, 2.75) is 20.8 Å². The number of fused-ring (bicyclic) bond motifs is 1. The lowest BCUT2D eigenvalue weighted by atomic mass is 10.1. The van der Waals surface area contributed by atoms with Gasteiger partial charge in [-0.15, -0.1) is 0 Å². The molecule has 0 bridgehead atoms. The van der Waals surface area contributed by atoms with Crippen molar-refractivity contribution in [3.05, 3.63) is 34.3 Å². The summed E-state index contributed by atoms with van der Waals surface area (Å²) in [5, 5.41) is 1.62. The predicted octanol–water partition coefficient (Wildman–Crippen LogP) is 4.48. The molecule has 0 saturated heterocycles. The van der Waals surface area contributed by atoms with Crippen LogP contribution in [0.2, 0.25) is 0 Å². The summed E-state index contributed by atoms with van der Waals surface area (Å²) in [7, 11) is 1.46. The summed E-state index contributed by atoms with van der Waals surface area (Å²) in [5.41, 5.74) is 0.893. The van der Waals surface area contributed by atoms with E-state index in [9.17, 15) is 4.39 Å². The lowest BCUT2D eigenvalue weighted by molar-refractivity contribution is 0.391. The second-order valence-electron chi connectivity index (χ2n) is 3.25. The van der Waals surface area contributed by atoms with E-state index in [0.717, 1.165) is 16.3 Å². The maximum Gasteiger partial charge on any atom is 0.166 e. The molecule has 1 aromatic carbocycles. The molecule has 0 spiro atoms. The predicted molar refractivity (Wildman–Crippen MR) is 72.0 cm³/mol. The number of hydrogen-bond acceptors (Lipinski definition) is 2. The third kappa shape index (κ3) is 2.57. The lowest BCUT2D eigenvalue weighted by Crippen LogP contribution is -1.93. The van der Waals surface area contributed by atoms with Crippen LogP contribution in [0.3, 0.4) is 0 Å². The first-order chi connectivity index (χ1) is 8.15. The molecule has 17 heavy (non-hydrogen) atoms.